The topological polar surface area (TPSA) is 65.5 Å². The average molecular weight is 290 g/mol. The van der Waals surface area contributed by atoms with E-state index < -0.39 is 0 Å². The van der Waals surface area contributed by atoms with Crippen molar-refractivity contribution in [1.82, 2.24) is 15.2 Å². The van der Waals surface area contributed by atoms with E-state index >= 15 is 0 Å². The van der Waals surface area contributed by atoms with Crippen molar-refractivity contribution >= 4 is 17.6 Å². The fourth-order valence-electron chi connectivity index (χ4n) is 2.69. The summed E-state index contributed by atoms with van der Waals surface area (Å²) in [6, 6.07) is 3.47. The number of anilines is 1. The molecule has 0 radical (unpaired) electrons. The summed E-state index contributed by atoms with van der Waals surface area (Å²) < 4.78 is 0. The van der Waals surface area contributed by atoms with Gasteiger partial charge < -0.3 is 15.1 Å². The molecule has 1 aromatic heterocycles. The Morgan fingerprint density at radius 2 is 2.24 bits per heavy atom. The molecule has 0 aliphatic carbocycles. The van der Waals surface area contributed by atoms with E-state index in [1.807, 2.05) is 31.1 Å². The molecule has 114 valence electrons. The van der Waals surface area contributed by atoms with Crippen molar-refractivity contribution in [2.45, 2.75) is 32.4 Å². The van der Waals surface area contributed by atoms with Gasteiger partial charge in [-0.25, -0.2) is 4.98 Å². The third kappa shape index (κ3) is 3.51. The second-order valence-corrected chi connectivity index (χ2v) is 5.47. The maximum absolute atomic E-state index is 12.3. The number of aromatic nitrogens is 1. The second kappa shape index (κ2) is 6.56. The Balaban J connectivity index is 2.00. The number of carbonyl (C=O) groups is 2. The van der Waals surface area contributed by atoms with Crippen LogP contribution < -0.4 is 10.2 Å². The van der Waals surface area contributed by atoms with Crippen LogP contribution in [-0.4, -0.2) is 48.4 Å². The van der Waals surface area contributed by atoms with Crippen LogP contribution in [0.25, 0.3) is 0 Å². The fourth-order valence-corrected chi connectivity index (χ4v) is 2.69. The number of hydrogen-bond donors (Lipinski definition) is 1. The van der Waals surface area contributed by atoms with Crippen LogP contribution in [0.3, 0.4) is 0 Å². The lowest BCUT2D eigenvalue weighted by atomic mass is 10.2. The van der Waals surface area contributed by atoms with E-state index in [1.165, 1.54) is 6.92 Å². The van der Waals surface area contributed by atoms with Gasteiger partial charge in [-0.15, -0.1) is 0 Å². The minimum atomic E-state index is -0.332. The first kappa shape index (κ1) is 15.3. The molecule has 6 heteroatoms. The largest absolute Gasteiger partial charge is 0.362 e. The molecule has 6 nitrogen and oxygen atoms in total. The lowest BCUT2D eigenvalue weighted by Crippen LogP contribution is -2.45. The van der Waals surface area contributed by atoms with Gasteiger partial charge in [0, 0.05) is 45.9 Å². The van der Waals surface area contributed by atoms with Gasteiger partial charge in [0.05, 0.1) is 0 Å². The quantitative estimate of drug-likeness (QED) is 0.890. The predicted octanol–water partition coefficient (Wildman–Crippen LogP) is 0.775. The van der Waals surface area contributed by atoms with Crippen LogP contribution >= 0.6 is 0 Å². The molecule has 0 unspecified atom stereocenters. The molecule has 0 saturated carbocycles. The third-order valence-corrected chi connectivity index (χ3v) is 3.70. The Hall–Kier alpha value is -2.11. The molecular formula is C15H22N4O2. The van der Waals surface area contributed by atoms with Crippen molar-refractivity contribution in [2.75, 3.05) is 25.5 Å². The highest BCUT2D eigenvalue weighted by Gasteiger charge is 2.32. The average Bonchev–Trinajstić information content (AvgIpc) is 2.94. The zero-order valence-corrected chi connectivity index (χ0v) is 12.8. The first-order chi connectivity index (χ1) is 10.0. The summed E-state index contributed by atoms with van der Waals surface area (Å²) in [5.74, 6) is 0.715. The summed E-state index contributed by atoms with van der Waals surface area (Å²) in [6.07, 6.45) is 3.35. The third-order valence-electron chi connectivity index (χ3n) is 3.70. The molecule has 1 saturated heterocycles. The molecule has 1 fully saturated rings. The molecule has 21 heavy (non-hydrogen) atoms. The van der Waals surface area contributed by atoms with Crippen molar-refractivity contribution < 1.29 is 9.59 Å². The van der Waals surface area contributed by atoms with Gasteiger partial charge in [-0.1, -0.05) is 6.07 Å². The number of nitrogens with one attached hydrogen (secondary N) is 1. The van der Waals surface area contributed by atoms with E-state index in [2.05, 4.69) is 10.3 Å². The lowest BCUT2D eigenvalue weighted by molar-refractivity contribution is -0.136. The molecule has 1 aliphatic rings. The molecule has 2 heterocycles. The number of hydrogen-bond acceptors (Lipinski definition) is 4. The van der Waals surface area contributed by atoms with Crippen molar-refractivity contribution in [2.24, 2.45) is 0 Å². The molecule has 0 aromatic carbocycles. The molecular weight excluding hydrogens is 268 g/mol. The van der Waals surface area contributed by atoms with E-state index in [4.69, 9.17) is 0 Å². The van der Waals surface area contributed by atoms with Crippen LogP contribution in [0.1, 0.15) is 25.3 Å². The van der Waals surface area contributed by atoms with E-state index in [0.717, 1.165) is 24.2 Å². The summed E-state index contributed by atoms with van der Waals surface area (Å²) >= 11 is 0. The summed E-state index contributed by atoms with van der Waals surface area (Å²) in [7, 11) is 3.84. The standard InChI is InChI=1S/C15H22N4O2/c1-11(20)19-9-5-7-13(19)15(21)17-10-12-6-4-8-16-14(12)18(2)3/h4,6,8,13H,5,7,9-10H2,1-3H3,(H,17,21)/t13-/m0/s1. The van der Waals surface area contributed by atoms with Crippen LogP contribution in [-0.2, 0) is 16.1 Å². The number of nitrogens with zero attached hydrogens (tertiary/aromatic N) is 3. The highest BCUT2D eigenvalue weighted by molar-refractivity contribution is 5.87. The minimum Gasteiger partial charge on any atom is -0.362 e. The summed E-state index contributed by atoms with van der Waals surface area (Å²) in [4.78, 5) is 31.7. The summed E-state index contributed by atoms with van der Waals surface area (Å²) in [6.45, 7) is 2.60. The molecule has 2 amide bonds. The summed E-state index contributed by atoms with van der Waals surface area (Å²) in [5, 5.41) is 2.92. The van der Waals surface area contributed by atoms with Gasteiger partial charge in [0.2, 0.25) is 11.8 Å². The van der Waals surface area contributed by atoms with Crippen LogP contribution in [0.4, 0.5) is 5.82 Å². The van der Waals surface area contributed by atoms with E-state index in [9.17, 15) is 9.59 Å². The van der Waals surface area contributed by atoms with Crippen LogP contribution in [0, 0.1) is 0 Å². The highest BCUT2D eigenvalue weighted by Crippen LogP contribution is 2.18. The number of likely N-dealkylation sites (tertiary alicyclic amines) is 1. The number of amides is 2. The molecule has 1 aromatic rings. The van der Waals surface area contributed by atoms with Gasteiger partial charge in [0.15, 0.2) is 0 Å². The molecule has 2 rings (SSSR count). The first-order valence-corrected chi connectivity index (χ1v) is 7.17. The van der Waals surface area contributed by atoms with Gasteiger partial charge in [0.1, 0.15) is 11.9 Å². The number of pyridine rings is 1. The lowest BCUT2D eigenvalue weighted by Gasteiger charge is -2.23. The van der Waals surface area contributed by atoms with E-state index in [1.54, 1.807) is 11.1 Å². The van der Waals surface area contributed by atoms with Gasteiger partial charge in [-0.3, -0.25) is 9.59 Å². The monoisotopic (exact) mass is 290 g/mol. The Morgan fingerprint density at radius 1 is 1.48 bits per heavy atom. The SMILES string of the molecule is CC(=O)N1CCC[C@H]1C(=O)NCc1cccnc1N(C)C. The van der Waals surface area contributed by atoms with Crippen molar-refractivity contribution in [1.29, 1.82) is 0 Å². The van der Waals surface area contributed by atoms with Gasteiger partial charge in [-0.05, 0) is 18.9 Å². The smallest absolute Gasteiger partial charge is 0.243 e. The second-order valence-electron chi connectivity index (χ2n) is 5.47. The molecule has 1 N–H and O–H groups in total. The normalized spacial score (nSPS) is 17.7. The van der Waals surface area contributed by atoms with E-state index in [-0.39, 0.29) is 17.9 Å². The Bertz CT molecular complexity index is 530. The fraction of sp³-hybridized carbons (Fsp3) is 0.533. The number of carbonyl (C=O) groups excluding carboxylic acids is 2. The maximum atomic E-state index is 12.3. The molecule has 1 atom stereocenters. The van der Waals surface area contributed by atoms with Gasteiger partial charge in [0.25, 0.3) is 0 Å². The molecule has 1 aliphatic heterocycles. The highest BCUT2D eigenvalue weighted by atomic mass is 16.2. The predicted molar refractivity (Wildman–Crippen MR) is 80.8 cm³/mol. The van der Waals surface area contributed by atoms with Gasteiger partial charge >= 0.3 is 0 Å². The van der Waals surface area contributed by atoms with Gasteiger partial charge in [-0.2, -0.15) is 0 Å². The van der Waals surface area contributed by atoms with Crippen LogP contribution in [0.15, 0.2) is 18.3 Å². The first-order valence-electron chi connectivity index (χ1n) is 7.17. The van der Waals surface area contributed by atoms with Crippen LogP contribution in [0.5, 0.6) is 0 Å². The summed E-state index contributed by atoms with van der Waals surface area (Å²) in [5.41, 5.74) is 0.961. The molecule has 0 bridgehead atoms. The Kier molecular flexibility index (Phi) is 4.77. The maximum Gasteiger partial charge on any atom is 0.243 e. The van der Waals surface area contributed by atoms with Crippen molar-refractivity contribution in [3.05, 3.63) is 23.9 Å². The van der Waals surface area contributed by atoms with Crippen LogP contribution in [0.2, 0.25) is 0 Å². The zero-order valence-electron chi connectivity index (χ0n) is 12.8. The van der Waals surface area contributed by atoms with Crippen molar-refractivity contribution in [3.8, 4) is 0 Å². The number of rotatable bonds is 4. The zero-order chi connectivity index (χ0) is 15.4. The minimum absolute atomic E-state index is 0.0389. The Morgan fingerprint density at radius 3 is 2.90 bits per heavy atom. The molecule has 0 spiro atoms. The van der Waals surface area contributed by atoms with E-state index in [0.29, 0.717) is 13.1 Å². The Labute approximate surface area is 125 Å². The van der Waals surface area contributed by atoms with Crippen molar-refractivity contribution in [3.63, 3.8) is 0 Å².